The Morgan fingerprint density at radius 2 is 1.96 bits per heavy atom. The van der Waals surface area contributed by atoms with E-state index in [1.54, 1.807) is 0 Å². The van der Waals surface area contributed by atoms with Crippen molar-refractivity contribution in [2.75, 3.05) is 19.0 Å². The fourth-order valence-corrected chi connectivity index (χ4v) is 2.06. The molecule has 0 bridgehead atoms. The van der Waals surface area contributed by atoms with Gasteiger partial charge < -0.3 is 20.5 Å². The van der Waals surface area contributed by atoms with Crippen LogP contribution in [0, 0.1) is 11.7 Å². The zero-order chi connectivity index (χ0) is 19.0. The molecule has 2 amide bonds. The van der Waals surface area contributed by atoms with Gasteiger partial charge in [-0.25, -0.2) is 9.18 Å². The van der Waals surface area contributed by atoms with Crippen molar-refractivity contribution in [3.8, 4) is 0 Å². The van der Waals surface area contributed by atoms with Crippen molar-refractivity contribution >= 4 is 23.5 Å². The summed E-state index contributed by atoms with van der Waals surface area (Å²) in [4.78, 5) is 34.9. The Balaban J connectivity index is 2.79. The Morgan fingerprint density at radius 3 is 2.48 bits per heavy atom. The van der Waals surface area contributed by atoms with Crippen LogP contribution in [-0.2, 0) is 14.3 Å². The normalized spacial score (nSPS) is 11.9. The average Bonchev–Trinajstić information content (AvgIpc) is 2.52. The van der Waals surface area contributed by atoms with Gasteiger partial charge in [0.15, 0.2) is 0 Å². The molecule has 0 saturated heterocycles. The molecule has 1 atom stereocenters. The summed E-state index contributed by atoms with van der Waals surface area (Å²) in [7, 11) is 1.42. The molecule has 0 aliphatic heterocycles. The lowest BCUT2D eigenvalue weighted by atomic mass is 10.1. The third-order valence-electron chi connectivity index (χ3n) is 3.31. The van der Waals surface area contributed by atoms with Crippen LogP contribution in [0.1, 0.15) is 37.0 Å². The number of amides is 2. The van der Waals surface area contributed by atoms with Crippen LogP contribution in [0.15, 0.2) is 18.2 Å². The highest BCUT2D eigenvalue weighted by molar-refractivity contribution is 5.97. The van der Waals surface area contributed by atoms with Crippen molar-refractivity contribution in [2.24, 2.45) is 5.92 Å². The van der Waals surface area contributed by atoms with E-state index in [0.29, 0.717) is 0 Å². The Bertz CT molecular complexity index is 633. The van der Waals surface area contributed by atoms with Gasteiger partial charge in [-0.1, -0.05) is 13.8 Å². The number of carbonyl (C=O) groups is 3. The van der Waals surface area contributed by atoms with Crippen LogP contribution in [0.2, 0.25) is 0 Å². The van der Waals surface area contributed by atoms with Gasteiger partial charge in [0.25, 0.3) is 5.91 Å². The average molecular weight is 354 g/mol. The number of nitrogens with one attached hydrogen (secondary N) is 2. The number of rotatable bonds is 9. The Labute approximate surface area is 145 Å². The Morgan fingerprint density at radius 1 is 1.28 bits per heavy atom. The summed E-state index contributed by atoms with van der Waals surface area (Å²) in [6, 6.07) is 2.41. The van der Waals surface area contributed by atoms with Crippen LogP contribution in [0.3, 0.4) is 0 Å². The number of ether oxygens (including phenoxy) is 1. The molecule has 0 aliphatic carbocycles. The number of anilines is 1. The Kier molecular flexibility index (Phi) is 8.00. The minimum Gasteiger partial charge on any atom is -0.480 e. The molecule has 0 spiro atoms. The van der Waals surface area contributed by atoms with E-state index in [-0.39, 0.29) is 42.5 Å². The smallest absolute Gasteiger partial charge is 0.326 e. The molecule has 0 saturated carbocycles. The second-order valence-electron chi connectivity index (χ2n) is 5.99. The summed E-state index contributed by atoms with van der Waals surface area (Å²) in [6.07, 6.45) is 0.338. The third kappa shape index (κ3) is 6.88. The van der Waals surface area contributed by atoms with Crippen molar-refractivity contribution in [1.82, 2.24) is 5.32 Å². The zero-order valence-corrected chi connectivity index (χ0v) is 14.5. The number of aliphatic carboxylic acids is 1. The van der Waals surface area contributed by atoms with Gasteiger partial charge in [0.1, 0.15) is 11.9 Å². The largest absolute Gasteiger partial charge is 0.480 e. The Hall–Kier alpha value is -2.48. The molecule has 0 aromatic heterocycles. The van der Waals surface area contributed by atoms with E-state index >= 15 is 0 Å². The summed E-state index contributed by atoms with van der Waals surface area (Å²) >= 11 is 0. The molecular formula is C17H23FN2O5. The molecule has 1 unspecified atom stereocenters. The first-order valence-electron chi connectivity index (χ1n) is 7.86. The van der Waals surface area contributed by atoms with Gasteiger partial charge in [-0.2, -0.15) is 0 Å². The molecule has 7 nitrogen and oxygen atoms in total. The molecule has 0 radical (unpaired) electrons. The lowest BCUT2D eigenvalue weighted by Gasteiger charge is -2.14. The minimum absolute atomic E-state index is 0.0311. The molecule has 25 heavy (non-hydrogen) atoms. The summed E-state index contributed by atoms with van der Waals surface area (Å²) in [5, 5.41) is 13.8. The van der Waals surface area contributed by atoms with Gasteiger partial charge >= 0.3 is 5.97 Å². The van der Waals surface area contributed by atoms with Crippen LogP contribution in [-0.4, -0.2) is 42.6 Å². The second kappa shape index (κ2) is 9.73. The lowest BCUT2D eigenvalue weighted by molar-refractivity contribution is -0.139. The van der Waals surface area contributed by atoms with E-state index in [1.807, 2.05) is 13.8 Å². The fraction of sp³-hybridized carbons (Fsp3) is 0.471. The fourth-order valence-electron chi connectivity index (χ4n) is 2.06. The molecule has 3 N–H and O–H groups in total. The van der Waals surface area contributed by atoms with Crippen molar-refractivity contribution in [3.05, 3.63) is 29.6 Å². The van der Waals surface area contributed by atoms with E-state index in [9.17, 15) is 18.8 Å². The van der Waals surface area contributed by atoms with Crippen LogP contribution < -0.4 is 10.6 Å². The first-order valence-corrected chi connectivity index (χ1v) is 7.86. The van der Waals surface area contributed by atoms with Crippen LogP contribution in [0.5, 0.6) is 0 Å². The number of hydrogen-bond acceptors (Lipinski definition) is 4. The van der Waals surface area contributed by atoms with Crippen molar-refractivity contribution in [2.45, 2.75) is 32.7 Å². The number of carboxylic acids is 1. The minimum atomic E-state index is -1.21. The predicted octanol–water partition coefficient (Wildman–Crippen LogP) is 2.03. The van der Waals surface area contributed by atoms with Gasteiger partial charge in [-0.3, -0.25) is 9.59 Å². The number of benzene rings is 1. The van der Waals surface area contributed by atoms with Crippen molar-refractivity contribution in [1.29, 1.82) is 0 Å². The van der Waals surface area contributed by atoms with Crippen molar-refractivity contribution < 1.29 is 28.6 Å². The van der Waals surface area contributed by atoms with E-state index in [2.05, 4.69) is 10.6 Å². The molecule has 0 aliphatic rings. The number of carboxylic acid groups (broad SMARTS) is 1. The van der Waals surface area contributed by atoms with Gasteiger partial charge in [-0.05, 0) is 24.1 Å². The molecule has 1 aromatic carbocycles. The van der Waals surface area contributed by atoms with Gasteiger partial charge in [0, 0.05) is 32.1 Å². The first-order chi connectivity index (χ1) is 11.7. The molecule has 138 valence electrons. The number of hydrogen-bond donors (Lipinski definition) is 3. The first kappa shape index (κ1) is 20.6. The third-order valence-corrected chi connectivity index (χ3v) is 3.31. The molecule has 0 heterocycles. The number of halogens is 1. The monoisotopic (exact) mass is 354 g/mol. The summed E-state index contributed by atoms with van der Waals surface area (Å²) in [6.45, 7) is 3.89. The maximum absolute atomic E-state index is 14.1. The second-order valence-corrected chi connectivity index (χ2v) is 5.99. The highest BCUT2D eigenvalue weighted by Gasteiger charge is 2.21. The molecule has 0 fully saturated rings. The van der Waals surface area contributed by atoms with E-state index in [0.717, 1.165) is 6.07 Å². The molecule has 8 heteroatoms. The number of methoxy groups -OCH3 is 1. The quantitative estimate of drug-likeness (QED) is 0.629. The van der Waals surface area contributed by atoms with E-state index < -0.39 is 23.7 Å². The van der Waals surface area contributed by atoms with Gasteiger partial charge in [-0.15, -0.1) is 0 Å². The van der Waals surface area contributed by atoms with Crippen molar-refractivity contribution in [3.63, 3.8) is 0 Å². The highest BCUT2D eigenvalue weighted by atomic mass is 19.1. The van der Waals surface area contributed by atoms with Crippen LogP contribution >= 0.6 is 0 Å². The maximum atomic E-state index is 14.1. The van der Waals surface area contributed by atoms with E-state index in [1.165, 1.54) is 19.2 Å². The summed E-state index contributed by atoms with van der Waals surface area (Å²) in [5.74, 6) is -2.89. The lowest BCUT2D eigenvalue weighted by Crippen LogP contribution is -2.41. The van der Waals surface area contributed by atoms with Gasteiger partial charge in [0.05, 0.1) is 5.69 Å². The predicted molar refractivity (Wildman–Crippen MR) is 89.9 cm³/mol. The molecular weight excluding hydrogens is 331 g/mol. The SMILES string of the molecule is COCCC(NC(=O)c1ccc(NC(=O)CC(C)C)c(F)c1)C(=O)O. The standard InChI is InChI=1S/C17H23FN2O5/c1-10(2)8-15(21)19-13-5-4-11(9-12(13)18)16(22)20-14(17(23)24)6-7-25-3/h4-5,9-10,14H,6-8H2,1-3H3,(H,19,21)(H,20,22)(H,23,24). The topological polar surface area (TPSA) is 105 Å². The van der Waals surface area contributed by atoms with E-state index in [4.69, 9.17) is 9.84 Å². The van der Waals surface area contributed by atoms with Crippen LogP contribution in [0.25, 0.3) is 0 Å². The highest BCUT2D eigenvalue weighted by Crippen LogP contribution is 2.17. The number of carbonyl (C=O) groups excluding carboxylic acids is 2. The maximum Gasteiger partial charge on any atom is 0.326 e. The molecule has 1 rings (SSSR count). The molecule has 1 aromatic rings. The summed E-state index contributed by atoms with van der Waals surface area (Å²) < 4.78 is 18.9. The van der Waals surface area contributed by atoms with Crippen LogP contribution in [0.4, 0.5) is 10.1 Å². The zero-order valence-electron chi connectivity index (χ0n) is 14.5. The summed E-state index contributed by atoms with van der Waals surface area (Å²) in [5.41, 5.74) is -0.0700. The van der Waals surface area contributed by atoms with Gasteiger partial charge in [0.2, 0.25) is 5.91 Å².